The quantitative estimate of drug-likeness (QED) is 0.632. The van der Waals surface area contributed by atoms with Crippen molar-refractivity contribution in [2.24, 2.45) is 34.0 Å². The summed E-state index contributed by atoms with van der Waals surface area (Å²) in [5, 5.41) is 12.7. The molecule has 0 aromatic heterocycles. The van der Waals surface area contributed by atoms with Crippen LogP contribution in [0.15, 0.2) is 23.0 Å². The molecule has 2 fully saturated rings. The number of hydrogen-bond donors (Lipinski definition) is 2. The smallest absolute Gasteiger partial charge is 0.331 e. The molecule has 0 spiro atoms. The summed E-state index contributed by atoms with van der Waals surface area (Å²) in [6.07, 6.45) is 7.31. The number of rotatable bonds is 2. The first-order chi connectivity index (χ1) is 13.9. The molecular formula is C25H36FNO3. The topological polar surface area (TPSA) is 66.4 Å². The van der Waals surface area contributed by atoms with Crippen LogP contribution in [0.2, 0.25) is 0 Å². The minimum atomic E-state index is -0.927. The molecule has 4 rings (SSSR count). The second kappa shape index (κ2) is 6.93. The van der Waals surface area contributed by atoms with Crippen molar-refractivity contribution in [3.05, 3.63) is 23.0 Å². The first-order valence-electron chi connectivity index (χ1n) is 11.5. The van der Waals surface area contributed by atoms with Crippen molar-refractivity contribution in [2.75, 3.05) is 0 Å². The minimum absolute atomic E-state index is 0.00690. The summed E-state index contributed by atoms with van der Waals surface area (Å²) in [5.41, 5.74) is 0.297. The van der Waals surface area contributed by atoms with Crippen LogP contribution in [0.5, 0.6) is 0 Å². The molecule has 4 aliphatic carbocycles. The maximum absolute atomic E-state index is 15.4. The molecule has 4 aliphatic rings. The standard InChI is InChI=1S/C25H36FNO3/c1-23(2,3)22(30)27-20-7-6-16-15-13-19(26)18-12-14(21(28)29)8-10-24(18,4)17(15)9-11-25(16,20)5/h12,15-17,20H,6-11,13H2,1-5H3,(H,27,30)(H,28,29)/t15-,16-,17+,20?,24+,25-/m0/s1. The van der Waals surface area contributed by atoms with Crippen LogP contribution in [0.4, 0.5) is 4.39 Å². The Labute approximate surface area is 179 Å². The molecule has 30 heavy (non-hydrogen) atoms. The fraction of sp³-hybridized carbons (Fsp3) is 0.760. The SMILES string of the molecule is CC(C)(C)C(=O)NC1CC[C@H]2[C@@H]3CC(F)=C4C=C(C(=O)O)CC[C@]4(C)[C@@H]3CC[C@]12C. The van der Waals surface area contributed by atoms with Gasteiger partial charge in [-0.3, -0.25) is 4.79 Å². The van der Waals surface area contributed by atoms with Gasteiger partial charge in [0, 0.05) is 23.5 Å². The van der Waals surface area contributed by atoms with E-state index in [0.29, 0.717) is 42.2 Å². The molecule has 1 amide bonds. The van der Waals surface area contributed by atoms with Gasteiger partial charge in [-0.1, -0.05) is 34.6 Å². The second-order valence-electron chi connectivity index (χ2n) is 11.7. The number of carboxylic acid groups (broad SMARTS) is 1. The number of aliphatic carboxylic acids is 1. The first-order valence-corrected chi connectivity index (χ1v) is 11.5. The van der Waals surface area contributed by atoms with Gasteiger partial charge in [-0.05, 0) is 78.8 Å². The molecule has 2 saturated carbocycles. The number of hydrogen-bond acceptors (Lipinski definition) is 2. The van der Waals surface area contributed by atoms with Gasteiger partial charge < -0.3 is 10.4 Å². The molecule has 0 bridgehead atoms. The van der Waals surface area contributed by atoms with Crippen molar-refractivity contribution in [3.8, 4) is 0 Å². The zero-order valence-corrected chi connectivity index (χ0v) is 19.0. The molecule has 5 heteroatoms. The second-order valence-corrected chi connectivity index (χ2v) is 11.7. The third-order valence-corrected chi connectivity index (χ3v) is 9.07. The number of carbonyl (C=O) groups excluding carboxylic acids is 1. The zero-order valence-electron chi connectivity index (χ0n) is 19.0. The third kappa shape index (κ3) is 3.15. The number of amides is 1. The van der Waals surface area contributed by atoms with E-state index in [2.05, 4.69) is 19.2 Å². The first kappa shape index (κ1) is 21.6. The molecule has 0 aliphatic heterocycles. The van der Waals surface area contributed by atoms with Crippen LogP contribution in [0, 0.1) is 34.0 Å². The third-order valence-electron chi connectivity index (χ3n) is 9.07. The van der Waals surface area contributed by atoms with Crippen LogP contribution in [0.1, 0.15) is 79.6 Å². The molecule has 6 atom stereocenters. The lowest BCUT2D eigenvalue weighted by atomic mass is 9.48. The molecule has 2 N–H and O–H groups in total. The van der Waals surface area contributed by atoms with Crippen molar-refractivity contribution in [1.29, 1.82) is 0 Å². The Balaban J connectivity index is 1.63. The lowest BCUT2D eigenvalue weighted by molar-refractivity contribution is -0.133. The largest absolute Gasteiger partial charge is 0.478 e. The Hall–Kier alpha value is -1.65. The van der Waals surface area contributed by atoms with E-state index in [9.17, 15) is 14.7 Å². The van der Waals surface area contributed by atoms with Crippen molar-refractivity contribution < 1.29 is 19.1 Å². The molecule has 0 heterocycles. The molecule has 4 nitrogen and oxygen atoms in total. The normalized spacial score (nSPS) is 40.8. The lowest BCUT2D eigenvalue weighted by Gasteiger charge is -2.57. The van der Waals surface area contributed by atoms with Gasteiger partial charge in [0.05, 0.1) is 0 Å². The van der Waals surface area contributed by atoms with Crippen molar-refractivity contribution in [1.82, 2.24) is 5.32 Å². The molecule has 1 unspecified atom stereocenters. The van der Waals surface area contributed by atoms with Gasteiger partial charge in [0.25, 0.3) is 0 Å². The Morgan fingerprint density at radius 2 is 1.83 bits per heavy atom. The highest BCUT2D eigenvalue weighted by Crippen LogP contribution is 2.65. The fourth-order valence-corrected chi connectivity index (χ4v) is 7.17. The van der Waals surface area contributed by atoms with E-state index in [-0.39, 0.29) is 34.5 Å². The Morgan fingerprint density at radius 1 is 1.13 bits per heavy atom. The molecular weight excluding hydrogens is 381 g/mol. The van der Waals surface area contributed by atoms with Crippen LogP contribution in [-0.4, -0.2) is 23.0 Å². The summed E-state index contributed by atoms with van der Waals surface area (Å²) in [5.74, 6) is 0.115. The van der Waals surface area contributed by atoms with Crippen molar-refractivity contribution in [2.45, 2.75) is 85.6 Å². The number of allylic oxidation sites excluding steroid dienone is 3. The average molecular weight is 418 g/mol. The highest BCUT2D eigenvalue weighted by molar-refractivity contribution is 5.87. The zero-order chi connectivity index (χ0) is 22.1. The molecule has 0 aromatic rings. The van der Waals surface area contributed by atoms with Crippen molar-refractivity contribution in [3.63, 3.8) is 0 Å². The van der Waals surface area contributed by atoms with Gasteiger partial charge >= 0.3 is 5.97 Å². The fourth-order valence-electron chi connectivity index (χ4n) is 7.17. The number of nitrogens with one attached hydrogen (secondary N) is 1. The van der Waals surface area contributed by atoms with Gasteiger partial charge in [-0.15, -0.1) is 0 Å². The van der Waals surface area contributed by atoms with E-state index in [1.807, 2.05) is 20.8 Å². The monoisotopic (exact) mass is 417 g/mol. The highest BCUT2D eigenvalue weighted by Gasteiger charge is 2.60. The highest BCUT2D eigenvalue weighted by atomic mass is 19.1. The van der Waals surface area contributed by atoms with Crippen LogP contribution in [0.3, 0.4) is 0 Å². The molecule has 166 valence electrons. The van der Waals surface area contributed by atoms with Crippen LogP contribution in [0.25, 0.3) is 0 Å². The summed E-state index contributed by atoms with van der Waals surface area (Å²) in [7, 11) is 0. The van der Waals surface area contributed by atoms with E-state index in [4.69, 9.17) is 0 Å². The number of halogens is 1. The van der Waals surface area contributed by atoms with Gasteiger partial charge in [-0.25, -0.2) is 9.18 Å². The van der Waals surface area contributed by atoms with E-state index >= 15 is 4.39 Å². The van der Waals surface area contributed by atoms with Crippen LogP contribution in [-0.2, 0) is 9.59 Å². The maximum atomic E-state index is 15.4. The predicted octanol–water partition coefficient (Wildman–Crippen LogP) is 5.40. The van der Waals surface area contributed by atoms with E-state index < -0.39 is 11.4 Å². The molecule has 0 saturated heterocycles. The van der Waals surface area contributed by atoms with Gasteiger partial charge in [0.2, 0.25) is 5.91 Å². The Kier molecular flexibility index (Phi) is 4.98. The van der Waals surface area contributed by atoms with Gasteiger partial charge in [0.1, 0.15) is 5.83 Å². The van der Waals surface area contributed by atoms with Gasteiger partial charge in [-0.2, -0.15) is 0 Å². The molecule has 0 aromatic carbocycles. The number of carboxylic acids is 1. The summed E-state index contributed by atoms with van der Waals surface area (Å²) in [6.45, 7) is 10.3. The Morgan fingerprint density at radius 3 is 2.47 bits per heavy atom. The average Bonchev–Trinajstić information content (AvgIpc) is 2.97. The summed E-state index contributed by atoms with van der Waals surface area (Å²) >= 11 is 0. The Bertz CT molecular complexity index is 838. The lowest BCUT2D eigenvalue weighted by Crippen LogP contribution is -2.54. The minimum Gasteiger partial charge on any atom is -0.478 e. The van der Waals surface area contributed by atoms with E-state index in [1.165, 1.54) is 0 Å². The van der Waals surface area contributed by atoms with E-state index in [0.717, 1.165) is 25.7 Å². The summed E-state index contributed by atoms with van der Waals surface area (Å²) in [6, 6.07) is 0.154. The predicted molar refractivity (Wildman–Crippen MR) is 114 cm³/mol. The summed E-state index contributed by atoms with van der Waals surface area (Å²) in [4.78, 5) is 24.1. The van der Waals surface area contributed by atoms with Crippen molar-refractivity contribution >= 4 is 11.9 Å². The number of carbonyl (C=O) groups is 2. The summed E-state index contributed by atoms with van der Waals surface area (Å²) < 4.78 is 15.4. The number of fused-ring (bicyclic) bond motifs is 5. The van der Waals surface area contributed by atoms with E-state index in [1.54, 1.807) is 6.08 Å². The molecule has 0 radical (unpaired) electrons. The van der Waals surface area contributed by atoms with Crippen LogP contribution >= 0.6 is 0 Å². The maximum Gasteiger partial charge on any atom is 0.331 e. The van der Waals surface area contributed by atoms with Crippen LogP contribution < -0.4 is 5.32 Å². The van der Waals surface area contributed by atoms with Gasteiger partial charge in [0.15, 0.2) is 0 Å².